The van der Waals surface area contributed by atoms with E-state index in [2.05, 4.69) is 21.8 Å². The van der Waals surface area contributed by atoms with Crippen LogP contribution in [0.1, 0.15) is 18.2 Å². The molecule has 1 N–H and O–H groups in total. The Balaban J connectivity index is 1.63. The zero-order valence-electron chi connectivity index (χ0n) is 12.5. The first-order valence-electron chi connectivity index (χ1n) is 7.32. The molecule has 1 aliphatic heterocycles. The fourth-order valence-electron chi connectivity index (χ4n) is 2.83. The fraction of sp³-hybridized carbons (Fsp3) is 0.400. The van der Waals surface area contributed by atoms with E-state index in [1.807, 2.05) is 10.7 Å². The van der Waals surface area contributed by atoms with Crippen molar-refractivity contribution in [1.29, 1.82) is 0 Å². The molecule has 1 aliphatic rings. The fourth-order valence-corrected chi connectivity index (χ4v) is 3.90. The maximum atomic E-state index is 12.2. The Morgan fingerprint density at radius 3 is 2.82 bits per heavy atom. The predicted molar refractivity (Wildman–Crippen MR) is 83.8 cm³/mol. The molecule has 7 heteroatoms. The van der Waals surface area contributed by atoms with Crippen molar-refractivity contribution in [2.75, 3.05) is 20.1 Å². The van der Waals surface area contributed by atoms with Gasteiger partial charge >= 0.3 is 0 Å². The highest BCUT2D eigenvalue weighted by Gasteiger charge is 2.23. The minimum absolute atomic E-state index is 0.197. The summed E-state index contributed by atoms with van der Waals surface area (Å²) in [7, 11) is -1.36. The van der Waals surface area contributed by atoms with Crippen LogP contribution in [0.25, 0.3) is 0 Å². The normalized spacial score (nSPS) is 19.0. The van der Waals surface area contributed by atoms with Gasteiger partial charge in [-0.1, -0.05) is 18.2 Å². The first kappa shape index (κ1) is 15.2. The van der Waals surface area contributed by atoms with Crippen molar-refractivity contribution >= 4 is 10.0 Å². The molecule has 6 nitrogen and oxygen atoms in total. The third-order valence-electron chi connectivity index (χ3n) is 3.88. The van der Waals surface area contributed by atoms with Crippen LogP contribution >= 0.6 is 0 Å². The minimum atomic E-state index is -3.43. The maximum absolute atomic E-state index is 12.2. The van der Waals surface area contributed by atoms with E-state index in [1.165, 1.54) is 5.69 Å². The second-order valence-corrected chi connectivity index (χ2v) is 7.38. The largest absolute Gasteiger partial charge is 0.298 e. The summed E-state index contributed by atoms with van der Waals surface area (Å²) in [5.74, 6) is 0. The van der Waals surface area contributed by atoms with Gasteiger partial charge in [-0.2, -0.15) is 5.10 Å². The molecule has 1 aromatic carbocycles. The summed E-state index contributed by atoms with van der Waals surface area (Å²) >= 11 is 0. The number of likely N-dealkylation sites (N-methyl/N-ethyl adjacent to an activating group) is 1. The molecule has 0 spiro atoms. The summed E-state index contributed by atoms with van der Waals surface area (Å²) < 4.78 is 29.1. The second-order valence-electron chi connectivity index (χ2n) is 5.62. The van der Waals surface area contributed by atoms with E-state index in [9.17, 15) is 8.42 Å². The number of aromatic nitrogens is 2. The Kier molecular flexibility index (Phi) is 4.28. The lowest BCUT2D eigenvalue weighted by atomic mass is 10.1. The number of hydrogen-bond acceptors (Lipinski definition) is 4. The van der Waals surface area contributed by atoms with Gasteiger partial charge in [-0.25, -0.2) is 13.1 Å². The molecule has 1 unspecified atom stereocenters. The van der Waals surface area contributed by atoms with E-state index in [0.717, 1.165) is 13.1 Å². The molecule has 3 rings (SSSR count). The average molecular weight is 320 g/mol. The van der Waals surface area contributed by atoms with E-state index in [0.29, 0.717) is 17.9 Å². The van der Waals surface area contributed by atoms with E-state index >= 15 is 0 Å². The molecule has 0 saturated carbocycles. The highest BCUT2D eigenvalue weighted by molar-refractivity contribution is 7.89. The molecular formula is C15H20N4O2S. The average Bonchev–Trinajstić information content (AvgIpc) is 2.96. The number of nitrogens with zero attached hydrogens (tertiary/aromatic N) is 3. The van der Waals surface area contributed by atoms with Crippen molar-refractivity contribution < 1.29 is 8.42 Å². The molecule has 0 aliphatic carbocycles. The van der Waals surface area contributed by atoms with E-state index in [4.69, 9.17) is 0 Å². The Labute approximate surface area is 130 Å². The van der Waals surface area contributed by atoms with Gasteiger partial charge in [0.05, 0.1) is 16.6 Å². The van der Waals surface area contributed by atoms with Gasteiger partial charge in [0, 0.05) is 25.8 Å². The van der Waals surface area contributed by atoms with Crippen molar-refractivity contribution in [3.05, 3.63) is 48.3 Å². The first-order valence-corrected chi connectivity index (χ1v) is 8.80. The van der Waals surface area contributed by atoms with Crippen LogP contribution in [0.2, 0.25) is 0 Å². The lowest BCUT2D eigenvalue weighted by Gasteiger charge is -2.31. The summed E-state index contributed by atoms with van der Waals surface area (Å²) in [5.41, 5.74) is 1.17. The Morgan fingerprint density at radius 1 is 1.27 bits per heavy atom. The van der Waals surface area contributed by atoms with Gasteiger partial charge in [0.2, 0.25) is 10.0 Å². The summed E-state index contributed by atoms with van der Waals surface area (Å²) in [5, 5.41) is 4.36. The van der Waals surface area contributed by atoms with Crippen LogP contribution in [-0.4, -0.2) is 43.2 Å². The van der Waals surface area contributed by atoms with Gasteiger partial charge in [0.25, 0.3) is 0 Å². The van der Waals surface area contributed by atoms with Gasteiger partial charge < -0.3 is 0 Å². The lowest BCUT2D eigenvalue weighted by Crippen LogP contribution is -2.37. The molecular weight excluding hydrogens is 300 g/mol. The topological polar surface area (TPSA) is 67.2 Å². The molecule has 0 amide bonds. The van der Waals surface area contributed by atoms with Crippen LogP contribution in [0.5, 0.6) is 0 Å². The van der Waals surface area contributed by atoms with Crippen molar-refractivity contribution in [2.24, 2.45) is 0 Å². The number of fused-ring (bicyclic) bond motifs is 1. The number of benzene rings is 1. The van der Waals surface area contributed by atoms with Gasteiger partial charge in [0.15, 0.2) is 0 Å². The van der Waals surface area contributed by atoms with Gasteiger partial charge in [0.1, 0.15) is 0 Å². The minimum Gasteiger partial charge on any atom is -0.298 e. The van der Waals surface area contributed by atoms with Crippen LogP contribution in [0.4, 0.5) is 0 Å². The smallest absolute Gasteiger partial charge is 0.240 e. The molecule has 1 atom stereocenters. The molecule has 22 heavy (non-hydrogen) atoms. The van der Waals surface area contributed by atoms with Gasteiger partial charge in [-0.3, -0.25) is 9.58 Å². The van der Waals surface area contributed by atoms with Gasteiger partial charge in [-0.15, -0.1) is 0 Å². The van der Waals surface area contributed by atoms with E-state index < -0.39 is 10.0 Å². The summed E-state index contributed by atoms with van der Waals surface area (Å²) in [6.07, 6.45) is 2.51. The molecule has 0 saturated heterocycles. The highest BCUT2D eigenvalue weighted by Crippen LogP contribution is 2.21. The van der Waals surface area contributed by atoms with Crippen LogP contribution in [0.3, 0.4) is 0 Å². The first-order chi connectivity index (χ1) is 10.6. The summed E-state index contributed by atoms with van der Waals surface area (Å²) in [6, 6.07) is 10.7. The van der Waals surface area contributed by atoms with Gasteiger partial charge in [-0.05, 0) is 31.7 Å². The molecule has 1 aromatic heterocycles. The molecule has 0 radical (unpaired) electrons. The van der Waals surface area contributed by atoms with Crippen LogP contribution in [0.15, 0.2) is 47.5 Å². The number of nitrogens with one attached hydrogen (secondary N) is 1. The number of sulfonamides is 1. The van der Waals surface area contributed by atoms with Crippen molar-refractivity contribution in [1.82, 2.24) is 19.4 Å². The monoisotopic (exact) mass is 320 g/mol. The molecule has 2 heterocycles. The van der Waals surface area contributed by atoms with Crippen molar-refractivity contribution in [3.8, 4) is 0 Å². The Hall–Kier alpha value is -1.70. The lowest BCUT2D eigenvalue weighted by molar-refractivity contribution is 0.203. The maximum Gasteiger partial charge on any atom is 0.240 e. The quantitative estimate of drug-likeness (QED) is 0.900. The standard InChI is InChI=1S/C15H20N4O2S/c1-18-11-13-7-9-16-19(13)14(12-18)8-10-17-22(20,21)15-5-3-2-4-6-15/h2-7,9,14,17H,8,10-12H2,1H3. The summed E-state index contributed by atoms with van der Waals surface area (Å²) in [4.78, 5) is 2.53. The van der Waals surface area contributed by atoms with E-state index in [1.54, 1.807) is 36.5 Å². The second kappa shape index (κ2) is 6.20. The molecule has 118 valence electrons. The predicted octanol–water partition coefficient (Wildman–Crippen LogP) is 1.24. The third kappa shape index (κ3) is 3.21. The number of hydrogen-bond donors (Lipinski definition) is 1. The number of rotatable bonds is 5. The van der Waals surface area contributed by atoms with Crippen molar-refractivity contribution in [3.63, 3.8) is 0 Å². The van der Waals surface area contributed by atoms with E-state index in [-0.39, 0.29) is 6.04 Å². The molecule has 0 bridgehead atoms. The van der Waals surface area contributed by atoms with Crippen LogP contribution in [-0.2, 0) is 16.6 Å². The van der Waals surface area contributed by atoms with Crippen LogP contribution < -0.4 is 4.72 Å². The Bertz CT molecular complexity index is 727. The Morgan fingerprint density at radius 2 is 2.05 bits per heavy atom. The molecule has 2 aromatic rings. The van der Waals surface area contributed by atoms with Crippen LogP contribution in [0, 0.1) is 0 Å². The van der Waals surface area contributed by atoms with Crippen molar-refractivity contribution in [2.45, 2.75) is 23.9 Å². The SMILES string of the molecule is CN1Cc2ccnn2C(CCNS(=O)(=O)c2ccccc2)C1. The third-order valence-corrected chi connectivity index (χ3v) is 5.35. The zero-order chi connectivity index (χ0) is 15.6. The molecule has 0 fully saturated rings. The highest BCUT2D eigenvalue weighted by atomic mass is 32.2. The summed E-state index contributed by atoms with van der Waals surface area (Å²) in [6.45, 7) is 2.16. The zero-order valence-corrected chi connectivity index (χ0v) is 13.3.